The van der Waals surface area contributed by atoms with E-state index in [4.69, 9.17) is 17.0 Å². The Kier molecular flexibility index (Phi) is 6.80. The summed E-state index contributed by atoms with van der Waals surface area (Å²) in [5.41, 5.74) is 0.441. The zero-order valence-electron chi connectivity index (χ0n) is 11.0. The van der Waals surface area contributed by atoms with E-state index in [1.807, 2.05) is 6.07 Å². The molecule has 0 saturated carbocycles. The normalized spacial score (nSPS) is 9.84. The summed E-state index contributed by atoms with van der Waals surface area (Å²) in [5, 5.41) is 5.95. The van der Waals surface area contributed by atoms with E-state index in [-0.39, 0.29) is 5.91 Å². The molecule has 1 amide bonds. The molecule has 104 valence electrons. The quantitative estimate of drug-likeness (QED) is 0.637. The molecule has 1 aromatic carbocycles. The van der Waals surface area contributed by atoms with Crippen molar-refractivity contribution in [1.29, 1.82) is 0 Å². The van der Waals surface area contributed by atoms with E-state index in [9.17, 15) is 4.79 Å². The molecule has 0 heterocycles. The third-order valence-electron chi connectivity index (χ3n) is 2.45. The summed E-state index contributed by atoms with van der Waals surface area (Å²) >= 11 is 8.39. The molecule has 2 N–H and O–H groups in total. The smallest absolute Gasteiger partial charge is 0.261 e. The monoisotopic (exact) mass is 344 g/mol. The maximum atomic E-state index is 12.1. The Labute approximate surface area is 127 Å². The molecular weight excluding hydrogens is 328 g/mol. The van der Waals surface area contributed by atoms with Gasteiger partial charge in [-0.05, 0) is 36.8 Å². The minimum Gasteiger partial charge on any atom is -0.496 e. The van der Waals surface area contributed by atoms with E-state index in [1.165, 1.54) is 7.11 Å². The number of amides is 1. The summed E-state index contributed by atoms with van der Waals surface area (Å²) in [6.07, 6.45) is 2.08. The Bertz CT molecular complexity index is 466. The summed E-state index contributed by atoms with van der Waals surface area (Å²) in [7, 11) is 1.53. The van der Waals surface area contributed by atoms with Gasteiger partial charge < -0.3 is 10.1 Å². The van der Waals surface area contributed by atoms with Gasteiger partial charge in [-0.2, -0.15) is 0 Å². The second kappa shape index (κ2) is 8.12. The number of benzene rings is 1. The Hall–Kier alpha value is -1.14. The SMILES string of the molecule is CCCCNC(=S)NC(=O)c1cc(Br)ccc1OC. The Balaban J connectivity index is 2.67. The topological polar surface area (TPSA) is 50.4 Å². The average molecular weight is 345 g/mol. The Morgan fingerprint density at radius 3 is 2.84 bits per heavy atom. The van der Waals surface area contributed by atoms with Crippen LogP contribution in [-0.4, -0.2) is 24.7 Å². The van der Waals surface area contributed by atoms with E-state index in [1.54, 1.807) is 12.1 Å². The molecule has 6 heteroatoms. The van der Waals surface area contributed by atoms with Crippen LogP contribution in [0.2, 0.25) is 0 Å². The van der Waals surface area contributed by atoms with Crippen LogP contribution in [0.5, 0.6) is 5.75 Å². The van der Waals surface area contributed by atoms with Crippen LogP contribution < -0.4 is 15.4 Å². The zero-order chi connectivity index (χ0) is 14.3. The summed E-state index contributed by atoms with van der Waals surface area (Å²) < 4.78 is 5.96. The van der Waals surface area contributed by atoms with Gasteiger partial charge in [0.05, 0.1) is 12.7 Å². The second-order valence-corrected chi connectivity index (χ2v) is 5.23. The molecule has 0 spiro atoms. The van der Waals surface area contributed by atoms with Gasteiger partial charge in [-0.15, -0.1) is 0 Å². The van der Waals surface area contributed by atoms with Crippen molar-refractivity contribution in [2.75, 3.05) is 13.7 Å². The molecule has 19 heavy (non-hydrogen) atoms. The van der Waals surface area contributed by atoms with Gasteiger partial charge in [0.15, 0.2) is 5.11 Å². The standard InChI is InChI=1S/C13H17BrN2O2S/c1-3-4-7-15-13(19)16-12(17)10-8-9(14)5-6-11(10)18-2/h5-6,8H,3-4,7H2,1-2H3,(H2,15,16,17,19). The molecule has 0 fully saturated rings. The molecule has 1 rings (SSSR count). The summed E-state index contributed by atoms with van der Waals surface area (Å²) in [6, 6.07) is 5.24. The lowest BCUT2D eigenvalue weighted by Crippen LogP contribution is -2.39. The van der Waals surface area contributed by atoms with E-state index in [0.717, 1.165) is 23.9 Å². The number of carbonyl (C=O) groups is 1. The molecule has 0 radical (unpaired) electrons. The number of carbonyl (C=O) groups excluding carboxylic acids is 1. The molecule has 0 atom stereocenters. The van der Waals surface area contributed by atoms with Crippen molar-refractivity contribution in [1.82, 2.24) is 10.6 Å². The summed E-state index contributed by atoms with van der Waals surface area (Å²) in [4.78, 5) is 12.1. The van der Waals surface area contributed by atoms with E-state index >= 15 is 0 Å². The number of ether oxygens (including phenoxy) is 1. The number of unbranched alkanes of at least 4 members (excludes halogenated alkanes) is 1. The maximum Gasteiger partial charge on any atom is 0.261 e. The predicted molar refractivity (Wildman–Crippen MR) is 83.7 cm³/mol. The highest BCUT2D eigenvalue weighted by atomic mass is 79.9. The summed E-state index contributed by atoms with van der Waals surface area (Å²) in [6.45, 7) is 2.85. The lowest BCUT2D eigenvalue weighted by atomic mass is 10.2. The van der Waals surface area contributed by atoms with Crippen molar-refractivity contribution in [2.45, 2.75) is 19.8 Å². The first-order chi connectivity index (χ1) is 9.08. The van der Waals surface area contributed by atoms with Crippen molar-refractivity contribution in [3.8, 4) is 5.75 Å². The van der Waals surface area contributed by atoms with Gasteiger partial charge >= 0.3 is 0 Å². The van der Waals surface area contributed by atoms with Gasteiger partial charge in [-0.3, -0.25) is 10.1 Å². The first-order valence-electron chi connectivity index (χ1n) is 6.01. The first-order valence-corrected chi connectivity index (χ1v) is 7.21. The maximum absolute atomic E-state index is 12.1. The minimum atomic E-state index is -0.285. The highest BCUT2D eigenvalue weighted by Crippen LogP contribution is 2.22. The Morgan fingerprint density at radius 1 is 1.47 bits per heavy atom. The number of hydrogen-bond acceptors (Lipinski definition) is 3. The highest BCUT2D eigenvalue weighted by Gasteiger charge is 2.13. The van der Waals surface area contributed by atoms with Crippen LogP contribution in [0.4, 0.5) is 0 Å². The van der Waals surface area contributed by atoms with Gasteiger partial charge in [0, 0.05) is 11.0 Å². The number of halogens is 1. The fourth-order valence-corrected chi connectivity index (χ4v) is 2.01. The van der Waals surface area contributed by atoms with E-state index in [2.05, 4.69) is 33.5 Å². The molecule has 1 aromatic rings. The first kappa shape index (κ1) is 15.9. The number of nitrogens with one attached hydrogen (secondary N) is 2. The molecule has 0 bridgehead atoms. The van der Waals surface area contributed by atoms with E-state index in [0.29, 0.717) is 16.4 Å². The zero-order valence-corrected chi connectivity index (χ0v) is 13.4. The molecule has 0 saturated heterocycles. The van der Waals surface area contributed by atoms with Crippen LogP contribution in [0.1, 0.15) is 30.1 Å². The third-order valence-corrected chi connectivity index (χ3v) is 3.19. The van der Waals surface area contributed by atoms with Crippen LogP contribution >= 0.6 is 28.1 Å². The van der Waals surface area contributed by atoms with Crippen LogP contribution in [-0.2, 0) is 0 Å². The fourth-order valence-electron chi connectivity index (χ4n) is 1.45. The molecule has 0 unspecified atom stereocenters. The van der Waals surface area contributed by atoms with Crippen molar-refractivity contribution in [3.05, 3.63) is 28.2 Å². The lowest BCUT2D eigenvalue weighted by molar-refractivity contribution is 0.0973. The van der Waals surface area contributed by atoms with Gasteiger partial charge in [0.25, 0.3) is 5.91 Å². The molecule has 4 nitrogen and oxygen atoms in total. The molecule has 0 aliphatic rings. The van der Waals surface area contributed by atoms with Crippen molar-refractivity contribution >= 4 is 39.2 Å². The van der Waals surface area contributed by atoms with Crippen molar-refractivity contribution in [3.63, 3.8) is 0 Å². The minimum absolute atomic E-state index is 0.285. The Morgan fingerprint density at radius 2 is 2.21 bits per heavy atom. The summed E-state index contributed by atoms with van der Waals surface area (Å²) in [5.74, 6) is 0.226. The van der Waals surface area contributed by atoms with Crippen molar-refractivity contribution < 1.29 is 9.53 Å². The molecule has 0 aliphatic carbocycles. The number of rotatable bonds is 5. The van der Waals surface area contributed by atoms with Gasteiger partial charge in [0.2, 0.25) is 0 Å². The third kappa shape index (κ3) is 5.16. The molecule has 0 aliphatic heterocycles. The van der Waals surface area contributed by atoms with Crippen molar-refractivity contribution in [2.24, 2.45) is 0 Å². The van der Waals surface area contributed by atoms with Crippen LogP contribution in [0.25, 0.3) is 0 Å². The molecule has 0 aromatic heterocycles. The number of methoxy groups -OCH3 is 1. The predicted octanol–water partition coefficient (Wildman–Crippen LogP) is 2.86. The van der Waals surface area contributed by atoms with Crippen LogP contribution in [0.15, 0.2) is 22.7 Å². The number of hydrogen-bond donors (Lipinski definition) is 2. The van der Waals surface area contributed by atoms with Gasteiger partial charge in [0.1, 0.15) is 5.75 Å². The van der Waals surface area contributed by atoms with Crippen LogP contribution in [0, 0.1) is 0 Å². The highest BCUT2D eigenvalue weighted by molar-refractivity contribution is 9.10. The second-order valence-electron chi connectivity index (χ2n) is 3.91. The van der Waals surface area contributed by atoms with E-state index < -0.39 is 0 Å². The largest absolute Gasteiger partial charge is 0.496 e. The van der Waals surface area contributed by atoms with Gasteiger partial charge in [-0.25, -0.2) is 0 Å². The lowest BCUT2D eigenvalue weighted by Gasteiger charge is -2.11. The number of thiocarbonyl (C=S) groups is 1. The molecular formula is C13H17BrN2O2S. The average Bonchev–Trinajstić information content (AvgIpc) is 2.39. The van der Waals surface area contributed by atoms with Gasteiger partial charge in [-0.1, -0.05) is 29.3 Å². The fraction of sp³-hybridized carbons (Fsp3) is 0.385. The van der Waals surface area contributed by atoms with Crippen LogP contribution in [0.3, 0.4) is 0 Å².